The van der Waals surface area contributed by atoms with E-state index >= 15 is 0 Å². The van der Waals surface area contributed by atoms with E-state index in [2.05, 4.69) is 10.1 Å². The summed E-state index contributed by atoms with van der Waals surface area (Å²) >= 11 is 0. The van der Waals surface area contributed by atoms with Gasteiger partial charge in [-0.1, -0.05) is 13.8 Å². The summed E-state index contributed by atoms with van der Waals surface area (Å²) in [7, 11) is -3.61. The highest BCUT2D eigenvalue weighted by molar-refractivity contribution is 7.89. The maximum Gasteiger partial charge on any atom is 0.263 e. The summed E-state index contributed by atoms with van der Waals surface area (Å²) in [4.78, 5) is 4.79. The fourth-order valence-electron chi connectivity index (χ4n) is 3.41. The molecule has 0 saturated carbocycles. The number of aryl methyl sites for hydroxylation is 2. The van der Waals surface area contributed by atoms with Crippen LogP contribution in [0.1, 0.15) is 49.5 Å². The van der Waals surface area contributed by atoms with Gasteiger partial charge in [-0.3, -0.25) is 4.68 Å². The van der Waals surface area contributed by atoms with Crippen molar-refractivity contribution < 1.29 is 17.3 Å². The minimum Gasteiger partial charge on any atom is -0.459 e. The van der Waals surface area contributed by atoms with E-state index in [-0.39, 0.29) is 4.90 Å². The van der Waals surface area contributed by atoms with Crippen LogP contribution in [0, 0.1) is 20.8 Å². The van der Waals surface area contributed by atoms with Crippen LogP contribution in [-0.2, 0) is 16.6 Å². The Hall–Kier alpha value is -2.39. The zero-order valence-electron chi connectivity index (χ0n) is 17.6. The van der Waals surface area contributed by atoms with Crippen molar-refractivity contribution in [1.82, 2.24) is 19.1 Å². The Bertz CT molecular complexity index is 1060. The van der Waals surface area contributed by atoms with Crippen LogP contribution in [0.2, 0.25) is 0 Å². The predicted molar refractivity (Wildman–Crippen MR) is 109 cm³/mol. The van der Waals surface area contributed by atoms with Crippen molar-refractivity contribution >= 4 is 10.0 Å². The summed E-state index contributed by atoms with van der Waals surface area (Å²) in [6.45, 7) is 10.6. The van der Waals surface area contributed by atoms with E-state index in [1.807, 2.05) is 20.8 Å². The van der Waals surface area contributed by atoms with Crippen molar-refractivity contribution in [1.29, 1.82) is 0 Å². The van der Waals surface area contributed by atoms with Gasteiger partial charge in [0.15, 0.2) is 5.76 Å². The number of hydrogen-bond donors (Lipinski definition) is 0. The smallest absolute Gasteiger partial charge is 0.263 e. The van der Waals surface area contributed by atoms with Gasteiger partial charge in [0, 0.05) is 13.1 Å². The highest BCUT2D eigenvalue weighted by Gasteiger charge is 2.30. The van der Waals surface area contributed by atoms with E-state index in [1.165, 1.54) is 0 Å². The van der Waals surface area contributed by atoms with Crippen LogP contribution in [0.25, 0.3) is 11.7 Å². The van der Waals surface area contributed by atoms with Gasteiger partial charge in [0.2, 0.25) is 10.0 Å². The van der Waals surface area contributed by atoms with E-state index in [1.54, 1.807) is 41.2 Å². The number of furan rings is 1. The molecule has 158 valence electrons. The Labute approximate surface area is 171 Å². The fourth-order valence-corrected chi connectivity index (χ4v) is 5.41. The summed E-state index contributed by atoms with van der Waals surface area (Å²) < 4.78 is 40.8. The van der Waals surface area contributed by atoms with Gasteiger partial charge in [0.25, 0.3) is 5.89 Å². The van der Waals surface area contributed by atoms with Crippen LogP contribution in [0.3, 0.4) is 0 Å². The molecule has 0 spiro atoms. The topological polar surface area (TPSA) is 94.4 Å². The number of nitrogens with zero attached hydrogens (tertiary/aromatic N) is 4. The molecule has 3 heterocycles. The number of rotatable bonds is 9. The highest BCUT2D eigenvalue weighted by Crippen LogP contribution is 2.26. The van der Waals surface area contributed by atoms with Gasteiger partial charge in [-0.15, -0.1) is 0 Å². The van der Waals surface area contributed by atoms with Crippen molar-refractivity contribution in [2.75, 3.05) is 13.1 Å². The van der Waals surface area contributed by atoms with Crippen molar-refractivity contribution in [3.8, 4) is 11.7 Å². The van der Waals surface area contributed by atoms with Crippen LogP contribution in [0.4, 0.5) is 0 Å². The lowest BCUT2D eigenvalue weighted by Gasteiger charge is -2.21. The monoisotopic (exact) mass is 420 g/mol. The Morgan fingerprint density at radius 2 is 1.83 bits per heavy atom. The molecule has 0 amide bonds. The molecule has 3 aromatic heterocycles. The molecule has 0 radical (unpaired) electrons. The third-order valence-corrected chi connectivity index (χ3v) is 6.93. The molecule has 3 rings (SSSR count). The quantitative estimate of drug-likeness (QED) is 0.521. The first-order chi connectivity index (χ1) is 13.8. The minimum absolute atomic E-state index is 0.284. The van der Waals surface area contributed by atoms with Crippen molar-refractivity contribution in [3.63, 3.8) is 0 Å². The lowest BCUT2D eigenvalue weighted by Crippen LogP contribution is -2.33. The van der Waals surface area contributed by atoms with Gasteiger partial charge in [0.05, 0.1) is 24.2 Å². The van der Waals surface area contributed by atoms with Crippen molar-refractivity contribution in [3.05, 3.63) is 41.2 Å². The summed E-state index contributed by atoms with van der Waals surface area (Å²) in [5.74, 6) is 1.59. The second-order valence-corrected chi connectivity index (χ2v) is 8.94. The standard InChI is InChI=1S/C20H28N4O4S/c1-6-10-23(11-7-2)29(25,26)19-14(3)22-24(15(19)4)13-17-16(5)28-20(21-17)18-9-8-12-27-18/h8-9,12H,6-7,10-11,13H2,1-5H3. The normalized spacial score (nSPS) is 12.2. The molecule has 0 atom stereocenters. The Kier molecular flexibility index (Phi) is 6.28. The predicted octanol–water partition coefficient (Wildman–Crippen LogP) is 3.92. The van der Waals surface area contributed by atoms with Gasteiger partial charge >= 0.3 is 0 Å². The van der Waals surface area contributed by atoms with Crippen LogP contribution in [0.15, 0.2) is 32.1 Å². The second-order valence-electron chi connectivity index (χ2n) is 7.06. The lowest BCUT2D eigenvalue weighted by atomic mass is 10.3. The summed E-state index contributed by atoms with van der Waals surface area (Å²) in [6, 6.07) is 3.55. The molecule has 0 aliphatic carbocycles. The van der Waals surface area contributed by atoms with Crippen molar-refractivity contribution in [2.45, 2.75) is 58.9 Å². The van der Waals surface area contributed by atoms with E-state index in [0.717, 1.165) is 12.8 Å². The molecule has 9 heteroatoms. The average Bonchev–Trinajstić information content (AvgIpc) is 3.36. The molecular weight excluding hydrogens is 392 g/mol. The molecule has 0 aliphatic heterocycles. The minimum atomic E-state index is -3.61. The first-order valence-corrected chi connectivity index (χ1v) is 11.3. The molecule has 0 saturated heterocycles. The van der Waals surface area contributed by atoms with E-state index < -0.39 is 10.0 Å². The van der Waals surface area contributed by atoms with E-state index in [0.29, 0.717) is 54.1 Å². The molecule has 3 aromatic rings. The van der Waals surface area contributed by atoms with Crippen LogP contribution in [-0.4, -0.2) is 40.6 Å². The molecule has 29 heavy (non-hydrogen) atoms. The number of sulfonamides is 1. The lowest BCUT2D eigenvalue weighted by molar-refractivity contribution is 0.409. The number of aromatic nitrogens is 3. The largest absolute Gasteiger partial charge is 0.459 e. The zero-order valence-corrected chi connectivity index (χ0v) is 18.4. The Balaban J connectivity index is 1.94. The third-order valence-electron chi connectivity index (χ3n) is 4.78. The molecule has 0 fully saturated rings. The molecule has 8 nitrogen and oxygen atoms in total. The summed E-state index contributed by atoms with van der Waals surface area (Å²) in [5.41, 5.74) is 1.78. The van der Waals surface area contributed by atoms with Gasteiger partial charge in [-0.05, 0) is 45.7 Å². The number of oxazole rings is 1. The zero-order chi connectivity index (χ0) is 21.2. The maximum absolute atomic E-state index is 13.3. The number of hydrogen-bond acceptors (Lipinski definition) is 6. The van der Waals surface area contributed by atoms with E-state index in [4.69, 9.17) is 8.83 Å². The first kappa shape index (κ1) is 21.3. The second kappa shape index (κ2) is 8.54. The SMILES string of the molecule is CCCN(CCC)S(=O)(=O)c1c(C)nn(Cc2nc(-c3ccco3)oc2C)c1C. The van der Waals surface area contributed by atoms with Crippen LogP contribution >= 0.6 is 0 Å². The summed E-state index contributed by atoms with van der Waals surface area (Å²) in [6.07, 6.45) is 3.09. The molecular formula is C20H28N4O4S. The van der Waals surface area contributed by atoms with Crippen LogP contribution < -0.4 is 0 Å². The van der Waals surface area contributed by atoms with E-state index in [9.17, 15) is 8.42 Å². The van der Waals surface area contributed by atoms with Crippen LogP contribution in [0.5, 0.6) is 0 Å². The van der Waals surface area contributed by atoms with Gasteiger partial charge in [-0.2, -0.15) is 9.40 Å². The van der Waals surface area contributed by atoms with Gasteiger partial charge in [0.1, 0.15) is 16.3 Å². The molecule has 0 aromatic carbocycles. The van der Waals surface area contributed by atoms with Gasteiger partial charge < -0.3 is 8.83 Å². The maximum atomic E-state index is 13.3. The molecule has 0 unspecified atom stereocenters. The average molecular weight is 421 g/mol. The molecule has 0 bridgehead atoms. The van der Waals surface area contributed by atoms with Crippen molar-refractivity contribution in [2.24, 2.45) is 0 Å². The summed E-state index contributed by atoms with van der Waals surface area (Å²) in [5, 5.41) is 4.49. The molecule has 0 N–H and O–H groups in total. The fraction of sp³-hybridized carbons (Fsp3) is 0.500. The Morgan fingerprint density at radius 3 is 2.41 bits per heavy atom. The highest BCUT2D eigenvalue weighted by atomic mass is 32.2. The molecule has 0 aliphatic rings. The van der Waals surface area contributed by atoms with Gasteiger partial charge in [-0.25, -0.2) is 13.4 Å². The third kappa shape index (κ3) is 4.16. The Morgan fingerprint density at radius 1 is 1.14 bits per heavy atom. The first-order valence-electron chi connectivity index (χ1n) is 9.83.